The lowest BCUT2D eigenvalue weighted by Gasteiger charge is -2.05. The Bertz CT molecular complexity index is 411. The molecule has 1 aromatic rings. The van der Waals surface area contributed by atoms with Crippen LogP contribution in [0.3, 0.4) is 0 Å². The fourth-order valence-electron chi connectivity index (χ4n) is 1.53. The van der Waals surface area contributed by atoms with Crippen molar-refractivity contribution >= 4 is 11.9 Å². The summed E-state index contributed by atoms with van der Waals surface area (Å²) in [6, 6.07) is 8.34. The highest BCUT2D eigenvalue weighted by atomic mass is 16.6. The molecule has 0 spiro atoms. The van der Waals surface area contributed by atoms with Crippen LogP contribution in [0.1, 0.15) is 38.3 Å². The fourth-order valence-corrected chi connectivity index (χ4v) is 1.53. The van der Waals surface area contributed by atoms with Gasteiger partial charge >= 0.3 is 0 Å². The molecular weight excluding hydrogens is 240 g/mol. The third-order valence-electron chi connectivity index (χ3n) is 2.56. The summed E-state index contributed by atoms with van der Waals surface area (Å²) in [6.07, 6.45) is 3.32. The molecular formula is C15H22N2O2. The van der Waals surface area contributed by atoms with Gasteiger partial charge in [0.25, 0.3) is 0 Å². The Balaban J connectivity index is 2.77. The average molecular weight is 262 g/mol. The van der Waals surface area contributed by atoms with Crippen LogP contribution >= 0.6 is 0 Å². The number of aryl methyl sites for hydroxylation is 1. The zero-order valence-corrected chi connectivity index (χ0v) is 11.9. The van der Waals surface area contributed by atoms with Crippen molar-refractivity contribution in [3.8, 4) is 0 Å². The Morgan fingerprint density at radius 2 is 1.74 bits per heavy atom. The number of hydrogen-bond donors (Lipinski definition) is 0. The average Bonchev–Trinajstić information content (AvgIpc) is 2.47. The molecule has 0 amide bonds. The molecule has 0 atom stereocenters. The molecule has 0 saturated carbocycles. The minimum absolute atomic E-state index is 0.555. The van der Waals surface area contributed by atoms with Crippen LogP contribution in [-0.2, 0) is 16.1 Å². The Labute approximate surface area is 115 Å². The van der Waals surface area contributed by atoms with Crippen LogP contribution < -0.4 is 0 Å². The Kier molecular flexibility index (Phi) is 7.32. The van der Waals surface area contributed by atoms with Crippen LogP contribution in [-0.4, -0.2) is 25.1 Å². The maximum atomic E-state index is 5.15. The van der Waals surface area contributed by atoms with Gasteiger partial charge in [0, 0.05) is 12.6 Å². The van der Waals surface area contributed by atoms with E-state index in [0.29, 0.717) is 19.6 Å². The van der Waals surface area contributed by atoms with Gasteiger partial charge in [0.1, 0.15) is 13.2 Å². The second-order valence-electron chi connectivity index (χ2n) is 3.92. The van der Waals surface area contributed by atoms with Crippen molar-refractivity contribution in [2.45, 2.75) is 33.6 Å². The van der Waals surface area contributed by atoms with Crippen LogP contribution in [0, 0.1) is 0 Å². The second-order valence-corrected chi connectivity index (χ2v) is 3.92. The first-order valence-corrected chi connectivity index (χ1v) is 6.73. The minimum Gasteiger partial charge on any atom is -0.396 e. The highest BCUT2D eigenvalue weighted by Gasteiger charge is 2.03. The Morgan fingerprint density at radius 1 is 1.05 bits per heavy atom. The van der Waals surface area contributed by atoms with Crippen LogP contribution in [0.2, 0.25) is 0 Å². The molecule has 0 aliphatic rings. The van der Waals surface area contributed by atoms with E-state index in [9.17, 15) is 0 Å². The van der Waals surface area contributed by atoms with Crippen molar-refractivity contribution in [3.05, 3.63) is 35.4 Å². The van der Waals surface area contributed by atoms with Gasteiger partial charge < -0.3 is 9.68 Å². The summed E-state index contributed by atoms with van der Waals surface area (Å²) < 4.78 is 0. The van der Waals surface area contributed by atoms with Crippen LogP contribution in [0.4, 0.5) is 0 Å². The molecule has 1 aromatic carbocycles. The first-order valence-electron chi connectivity index (χ1n) is 6.73. The van der Waals surface area contributed by atoms with E-state index in [1.54, 1.807) is 6.21 Å². The number of hydrogen-bond acceptors (Lipinski definition) is 4. The molecule has 4 heteroatoms. The summed E-state index contributed by atoms with van der Waals surface area (Å²) in [5.74, 6) is 0. The van der Waals surface area contributed by atoms with E-state index >= 15 is 0 Å². The molecule has 0 aliphatic carbocycles. The normalized spacial score (nSPS) is 11.8. The predicted octanol–water partition coefficient (Wildman–Crippen LogP) is 3.40. The first-order chi connectivity index (χ1) is 9.31. The number of rotatable bonds is 8. The zero-order valence-electron chi connectivity index (χ0n) is 11.9. The standard InChI is InChI=1S/C15H22N2O2/c1-4-13-7-9-14(10-8-13)15(17-19-6-3)11-12-16-18-5-2/h7-10,12H,4-6,11H2,1-3H3/b16-12+,17-15-. The van der Waals surface area contributed by atoms with Crippen molar-refractivity contribution in [1.82, 2.24) is 0 Å². The highest BCUT2D eigenvalue weighted by Crippen LogP contribution is 2.08. The molecule has 0 bridgehead atoms. The predicted molar refractivity (Wildman–Crippen MR) is 78.7 cm³/mol. The summed E-state index contributed by atoms with van der Waals surface area (Å²) in [4.78, 5) is 10.1. The minimum atomic E-state index is 0.555. The molecule has 0 unspecified atom stereocenters. The summed E-state index contributed by atoms with van der Waals surface area (Å²) in [5.41, 5.74) is 3.21. The lowest BCUT2D eigenvalue weighted by Crippen LogP contribution is -2.04. The lowest BCUT2D eigenvalue weighted by molar-refractivity contribution is 0.157. The smallest absolute Gasteiger partial charge is 0.114 e. The van der Waals surface area contributed by atoms with E-state index in [4.69, 9.17) is 9.68 Å². The molecule has 0 saturated heterocycles. The van der Waals surface area contributed by atoms with Crippen molar-refractivity contribution in [3.63, 3.8) is 0 Å². The number of benzene rings is 1. The van der Waals surface area contributed by atoms with Gasteiger partial charge in [-0.15, -0.1) is 0 Å². The fraction of sp³-hybridized carbons (Fsp3) is 0.467. The molecule has 0 aromatic heterocycles. The van der Waals surface area contributed by atoms with E-state index in [1.165, 1.54) is 5.56 Å². The van der Waals surface area contributed by atoms with Gasteiger partial charge in [-0.3, -0.25) is 0 Å². The Morgan fingerprint density at radius 3 is 2.32 bits per heavy atom. The van der Waals surface area contributed by atoms with Gasteiger partial charge in [-0.2, -0.15) is 0 Å². The third-order valence-corrected chi connectivity index (χ3v) is 2.56. The molecule has 104 valence electrons. The van der Waals surface area contributed by atoms with Crippen LogP contribution in [0.25, 0.3) is 0 Å². The van der Waals surface area contributed by atoms with Crippen molar-refractivity contribution < 1.29 is 9.68 Å². The monoisotopic (exact) mass is 262 g/mol. The molecule has 0 heterocycles. The molecule has 19 heavy (non-hydrogen) atoms. The number of nitrogens with zero attached hydrogens (tertiary/aromatic N) is 2. The summed E-state index contributed by atoms with van der Waals surface area (Å²) >= 11 is 0. The van der Waals surface area contributed by atoms with Crippen molar-refractivity contribution in [2.75, 3.05) is 13.2 Å². The molecule has 0 radical (unpaired) electrons. The lowest BCUT2D eigenvalue weighted by atomic mass is 10.0. The van der Waals surface area contributed by atoms with Crippen molar-refractivity contribution in [2.24, 2.45) is 10.3 Å². The topological polar surface area (TPSA) is 43.2 Å². The Hall–Kier alpha value is -1.84. The first kappa shape index (κ1) is 15.2. The maximum Gasteiger partial charge on any atom is 0.114 e. The molecule has 0 N–H and O–H groups in total. The SMILES string of the molecule is CCO/N=C(/C/C=N/OCC)c1ccc(CC)cc1. The van der Waals surface area contributed by atoms with Crippen LogP contribution in [0.5, 0.6) is 0 Å². The van der Waals surface area contributed by atoms with Crippen molar-refractivity contribution in [1.29, 1.82) is 0 Å². The zero-order chi connectivity index (χ0) is 13.9. The molecule has 1 rings (SSSR count). The molecule has 4 nitrogen and oxygen atoms in total. The van der Waals surface area contributed by atoms with E-state index in [2.05, 4.69) is 41.5 Å². The van der Waals surface area contributed by atoms with E-state index < -0.39 is 0 Å². The van der Waals surface area contributed by atoms with Gasteiger partial charge in [-0.1, -0.05) is 41.5 Å². The van der Waals surface area contributed by atoms with Gasteiger partial charge in [0.05, 0.1) is 5.71 Å². The van der Waals surface area contributed by atoms with Gasteiger partial charge in [-0.25, -0.2) is 0 Å². The van der Waals surface area contributed by atoms with Crippen LogP contribution in [0.15, 0.2) is 34.6 Å². The summed E-state index contributed by atoms with van der Waals surface area (Å²) in [6.45, 7) is 7.07. The largest absolute Gasteiger partial charge is 0.396 e. The van der Waals surface area contributed by atoms with Gasteiger partial charge in [0.2, 0.25) is 0 Å². The van der Waals surface area contributed by atoms with E-state index in [-0.39, 0.29) is 0 Å². The highest BCUT2D eigenvalue weighted by molar-refractivity contribution is 6.06. The van der Waals surface area contributed by atoms with Gasteiger partial charge in [0.15, 0.2) is 0 Å². The second kappa shape index (κ2) is 9.14. The third kappa shape index (κ3) is 5.55. The van der Waals surface area contributed by atoms with Gasteiger partial charge in [-0.05, 0) is 31.4 Å². The number of oxime groups is 2. The molecule has 0 aliphatic heterocycles. The summed E-state index contributed by atoms with van der Waals surface area (Å²) in [7, 11) is 0. The summed E-state index contributed by atoms with van der Waals surface area (Å²) in [5, 5.41) is 7.97. The van der Waals surface area contributed by atoms with E-state index in [1.807, 2.05) is 13.8 Å². The maximum absolute atomic E-state index is 5.15. The quantitative estimate of drug-likeness (QED) is 0.532. The van der Waals surface area contributed by atoms with E-state index in [0.717, 1.165) is 17.7 Å². The molecule has 0 fully saturated rings.